The number of rotatable bonds is 7. The third kappa shape index (κ3) is 6.08. The number of nitrogens with one attached hydrogen (secondary N) is 1. The third-order valence-electron chi connectivity index (χ3n) is 5.58. The lowest BCUT2D eigenvalue weighted by Gasteiger charge is -2.33. The number of hydrogen-bond donors (Lipinski definition) is 1. The fraction of sp³-hybridized carbons (Fsp3) is 0.417. The van der Waals surface area contributed by atoms with E-state index in [4.69, 9.17) is 11.6 Å². The average molecular weight is 492 g/mol. The maximum atomic E-state index is 13.5. The molecule has 2 aromatic carbocycles. The average Bonchev–Trinajstić information content (AvgIpc) is 2.75. The van der Waals surface area contributed by atoms with Crippen LogP contribution in [0.2, 0.25) is 0 Å². The van der Waals surface area contributed by atoms with Crippen molar-refractivity contribution in [3.05, 3.63) is 69.7 Å². The van der Waals surface area contributed by atoms with Gasteiger partial charge in [0.25, 0.3) is 0 Å². The summed E-state index contributed by atoms with van der Waals surface area (Å²) >= 11 is 9.46. The number of halogens is 2. The quantitative estimate of drug-likeness (QED) is 0.519. The van der Waals surface area contributed by atoms with E-state index >= 15 is 0 Å². The fourth-order valence-electron chi connectivity index (χ4n) is 3.97. The van der Waals surface area contributed by atoms with Crippen LogP contribution >= 0.6 is 27.5 Å². The van der Waals surface area contributed by atoms with Gasteiger partial charge >= 0.3 is 0 Å². The highest BCUT2D eigenvalue weighted by atomic mass is 79.9. The van der Waals surface area contributed by atoms with E-state index in [0.717, 1.165) is 46.8 Å². The second-order valence-corrected chi connectivity index (χ2v) is 9.12. The van der Waals surface area contributed by atoms with Crippen molar-refractivity contribution in [2.75, 3.05) is 5.88 Å². The summed E-state index contributed by atoms with van der Waals surface area (Å²) in [4.78, 5) is 27.9. The van der Waals surface area contributed by atoms with Gasteiger partial charge in [-0.15, -0.1) is 11.6 Å². The summed E-state index contributed by atoms with van der Waals surface area (Å²) in [6, 6.07) is 15.0. The first-order valence-corrected chi connectivity index (χ1v) is 11.8. The molecule has 1 atom stereocenters. The lowest BCUT2D eigenvalue weighted by atomic mass is 9.94. The molecule has 160 valence electrons. The van der Waals surface area contributed by atoms with Crippen molar-refractivity contribution in [2.45, 2.75) is 57.7 Å². The van der Waals surface area contributed by atoms with Crippen LogP contribution in [0.1, 0.15) is 54.8 Å². The summed E-state index contributed by atoms with van der Waals surface area (Å²) in [6.45, 7) is 2.34. The zero-order chi connectivity index (χ0) is 21.5. The summed E-state index contributed by atoms with van der Waals surface area (Å²) in [5.41, 5.74) is 2.88. The van der Waals surface area contributed by atoms with Gasteiger partial charge in [0.15, 0.2) is 0 Å². The van der Waals surface area contributed by atoms with Gasteiger partial charge in [-0.05, 0) is 43.0 Å². The molecule has 0 saturated heterocycles. The van der Waals surface area contributed by atoms with Crippen molar-refractivity contribution in [3.8, 4) is 0 Å². The van der Waals surface area contributed by atoms with E-state index in [-0.39, 0.29) is 23.7 Å². The van der Waals surface area contributed by atoms with Gasteiger partial charge in [0.2, 0.25) is 11.8 Å². The number of carbonyl (C=O) groups is 2. The topological polar surface area (TPSA) is 49.4 Å². The van der Waals surface area contributed by atoms with Gasteiger partial charge in [0, 0.05) is 17.1 Å². The predicted octanol–water partition coefficient (Wildman–Crippen LogP) is 5.52. The van der Waals surface area contributed by atoms with Crippen LogP contribution in [-0.4, -0.2) is 28.6 Å². The number of amides is 2. The van der Waals surface area contributed by atoms with Gasteiger partial charge in [0.05, 0.1) is 0 Å². The minimum Gasteiger partial charge on any atom is -0.351 e. The van der Waals surface area contributed by atoms with E-state index in [1.165, 1.54) is 6.42 Å². The van der Waals surface area contributed by atoms with Crippen LogP contribution in [0.4, 0.5) is 0 Å². The standard InChI is InChI=1S/C24H28BrClN2O2/c1-17-10-12-18(13-11-17)16-28(22(29)15-26)23(19-6-5-7-20(25)14-19)24(30)27-21-8-3-2-4-9-21/h5-7,10-14,21,23H,2-4,8-9,15-16H2,1H3,(H,27,30)/t23-/m1/s1. The molecule has 1 aliphatic rings. The maximum Gasteiger partial charge on any atom is 0.247 e. The molecule has 4 nitrogen and oxygen atoms in total. The van der Waals surface area contributed by atoms with Crippen LogP contribution in [0.15, 0.2) is 53.0 Å². The molecule has 2 aromatic rings. The van der Waals surface area contributed by atoms with Crippen molar-refractivity contribution >= 4 is 39.3 Å². The second kappa shape index (κ2) is 11.0. The molecule has 0 aliphatic heterocycles. The third-order valence-corrected chi connectivity index (χ3v) is 6.31. The number of carbonyl (C=O) groups excluding carboxylic acids is 2. The molecule has 30 heavy (non-hydrogen) atoms. The number of aryl methyl sites for hydroxylation is 1. The lowest BCUT2D eigenvalue weighted by molar-refractivity contribution is -0.140. The maximum absolute atomic E-state index is 13.5. The summed E-state index contributed by atoms with van der Waals surface area (Å²) < 4.78 is 0.865. The Morgan fingerprint density at radius 3 is 2.47 bits per heavy atom. The summed E-state index contributed by atoms with van der Waals surface area (Å²) in [5.74, 6) is -0.584. The van der Waals surface area contributed by atoms with Crippen LogP contribution in [0.5, 0.6) is 0 Å². The second-order valence-electron chi connectivity index (χ2n) is 7.94. The van der Waals surface area contributed by atoms with Crippen molar-refractivity contribution in [1.29, 1.82) is 0 Å². The Morgan fingerprint density at radius 1 is 1.13 bits per heavy atom. The van der Waals surface area contributed by atoms with Crippen LogP contribution in [-0.2, 0) is 16.1 Å². The molecular weight excluding hydrogens is 464 g/mol. The number of alkyl halides is 1. The van der Waals surface area contributed by atoms with E-state index < -0.39 is 6.04 Å². The van der Waals surface area contributed by atoms with E-state index in [9.17, 15) is 9.59 Å². The van der Waals surface area contributed by atoms with Crippen LogP contribution in [0, 0.1) is 6.92 Å². The Labute approximate surface area is 192 Å². The molecule has 0 spiro atoms. The first kappa shape index (κ1) is 22.8. The Balaban J connectivity index is 1.94. The van der Waals surface area contributed by atoms with Crippen LogP contribution < -0.4 is 5.32 Å². The zero-order valence-corrected chi connectivity index (χ0v) is 19.6. The van der Waals surface area contributed by atoms with E-state index in [2.05, 4.69) is 21.2 Å². The summed E-state index contributed by atoms with van der Waals surface area (Å²) in [7, 11) is 0. The molecule has 3 rings (SSSR count). The highest BCUT2D eigenvalue weighted by Gasteiger charge is 2.32. The molecule has 0 radical (unpaired) electrons. The molecule has 1 N–H and O–H groups in total. The van der Waals surface area contributed by atoms with Gasteiger partial charge in [-0.3, -0.25) is 9.59 Å². The van der Waals surface area contributed by atoms with Gasteiger partial charge in [-0.1, -0.05) is 77.2 Å². The molecular formula is C24H28BrClN2O2. The van der Waals surface area contributed by atoms with E-state index in [0.29, 0.717) is 6.54 Å². The SMILES string of the molecule is Cc1ccc(CN(C(=O)CCl)[C@@H](C(=O)NC2CCCCC2)c2cccc(Br)c2)cc1. The Bertz CT molecular complexity index is 866. The highest BCUT2D eigenvalue weighted by molar-refractivity contribution is 9.10. The smallest absolute Gasteiger partial charge is 0.247 e. The fourth-order valence-corrected chi connectivity index (χ4v) is 4.54. The number of nitrogens with zero attached hydrogens (tertiary/aromatic N) is 1. The molecule has 1 fully saturated rings. The van der Waals surface area contributed by atoms with Crippen molar-refractivity contribution in [3.63, 3.8) is 0 Å². The number of hydrogen-bond acceptors (Lipinski definition) is 2. The molecule has 1 aliphatic carbocycles. The summed E-state index contributed by atoms with van der Waals surface area (Å²) in [6.07, 6.45) is 5.43. The van der Waals surface area contributed by atoms with Crippen LogP contribution in [0.3, 0.4) is 0 Å². The minimum absolute atomic E-state index is 0.148. The van der Waals surface area contributed by atoms with E-state index in [1.54, 1.807) is 4.90 Å². The molecule has 0 aromatic heterocycles. The minimum atomic E-state index is -0.739. The van der Waals surface area contributed by atoms with Gasteiger partial charge in [-0.2, -0.15) is 0 Å². The van der Waals surface area contributed by atoms with E-state index in [1.807, 2.05) is 55.5 Å². The van der Waals surface area contributed by atoms with Gasteiger partial charge in [-0.25, -0.2) is 0 Å². The van der Waals surface area contributed by atoms with Gasteiger partial charge in [0.1, 0.15) is 11.9 Å². The molecule has 0 bridgehead atoms. The van der Waals surface area contributed by atoms with Crippen molar-refractivity contribution in [2.24, 2.45) is 0 Å². The predicted molar refractivity (Wildman–Crippen MR) is 124 cm³/mol. The molecule has 1 saturated carbocycles. The van der Waals surface area contributed by atoms with Gasteiger partial charge < -0.3 is 10.2 Å². The Kier molecular flexibility index (Phi) is 8.34. The first-order chi connectivity index (χ1) is 14.5. The Morgan fingerprint density at radius 2 is 1.83 bits per heavy atom. The van der Waals surface area contributed by atoms with Crippen LogP contribution in [0.25, 0.3) is 0 Å². The Hall–Kier alpha value is -1.85. The summed E-state index contributed by atoms with van der Waals surface area (Å²) in [5, 5.41) is 3.20. The normalized spacial score (nSPS) is 15.4. The molecule has 0 unspecified atom stereocenters. The van der Waals surface area contributed by atoms with Crippen molar-refractivity contribution in [1.82, 2.24) is 10.2 Å². The number of benzene rings is 2. The molecule has 2 amide bonds. The van der Waals surface area contributed by atoms with Crippen molar-refractivity contribution < 1.29 is 9.59 Å². The first-order valence-electron chi connectivity index (χ1n) is 10.4. The monoisotopic (exact) mass is 490 g/mol. The lowest BCUT2D eigenvalue weighted by Crippen LogP contribution is -2.47. The zero-order valence-electron chi connectivity index (χ0n) is 17.2. The molecule has 0 heterocycles. The largest absolute Gasteiger partial charge is 0.351 e. The highest BCUT2D eigenvalue weighted by Crippen LogP contribution is 2.28. The molecule has 6 heteroatoms.